The molecule has 2 aliphatic heterocycles. The fourth-order valence-corrected chi connectivity index (χ4v) is 3.62. The van der Waals surface area contributed by atoms with Gasteiger partial charge in [0.15, 0.2) is 0 Å². The number of piperazine rings is 2. The number of rotatable bonds is 4. The Morgan fingerprint density at radius 2 is 1.83 bits per heavy atom. The fourth-order valence-electron chi connectivity index (χ4n) is 3.43. The van der Waals surface area contributed by atoms with Crippen molar-refractivity contribution in [3.8, 4) is 5.75 Å². The quantitative estimate of drug-likeness (QED) is 0.864. The van der Waals surface area contributed by atoms with E-state index in [0.717, 1.165) is 58.9 Å². The van der Waals surface area contributed by atoms with Crippen LogP contribution in [0.3, 0.4) is 0 Å². The van der Waals surface area contributed by atoms with E-state index in [1.54, 1.807) is 6.07 Å². The first-order valence-electron chi connectivity index (χ1n) is 8.47. The third-order valence-corrected chi connectivity index (χ3v) is 5.28. The molecule has 0 saturated carbocycles. The molecule has 0 spiro atoms. The van der Waals surface area contributed by atoms with Gasteiger partial charge in [-0.3, -0.25) is 9.80 Å². The molecule has 5 nitrogen and oxygen atoms in total. The summed E-state index contributed by atoms with van der Waals surface area (Å²) < 4.78 is 0. The van der Waals surface area contributed by atoms with Crippen molar-refractivity contribution in [3.05, 3.63) is 28.8 Å². The molecular formula is C17H27ClN4O. The van der Waals surface area contributed by atoms with E-state index in [2.05, 4.69) is 27.1 Å². The zero-order chi connectivity index (χ0) is 16.2. The topological polar surface area (TPSA) is 42.0 Å². The highest BCUT2D eigenvalue weighted by atomic mass is 35.5. The van der Waals surface area contributed by atoms with Gasteiger partial charge in [-0.15, -0.1) is 0 Å². The lowest BCUT2D eigenvalue weighted by molar-refractivity contribution is 0.0923. The summed E-state index contributed by atoms with van der Waals surface area (Å²) in [6.07, 6.45) is 0. The Morgan fingerprint density at radius 1 is 1.13 bits per heavy atom. The number of phenolic OH excluding ortho intramolecular Hbond substituents is 1. The van der Waals surface area contributed by atoms with Crippen LogP contribution in [0.25, 0.3) is 0 Å². The van der Waals surface area contributed by atoms with E-state index < -0.39 is 0 Å². The number of halogens is 1. The molecule has 1 atom stereocenters. The van der Waals surface area contributed by atoms with Crippen molar-refractivity contribution >= 4 is 11.6 Å². The van der Waals surface area contributed by atoms with Crippen molar-refractivity contribution in [3.63, 3.8) is 0 Å². The van der Waals surface area contributed by atoms with Crippen LogP contribution >= 0.6 is 11.6 Å². The summed E-state index contributed by atoms with van der Waals surface area (Å²) in [6.45, 7) is 9.68. The van der Waals surface area contributed by atoms with Crippen LogP contribution < -0.4 is 5.32 Å². The number of nitrogens with zero attached hydrogens (tertiary/aromatic N) is 3. The number of nitrogens with one attached hydrogen (secondary N) is 1. The summed E-state index contributed by atoms with van der Waals surface area (Å²) in [7, 11) is 2.19. The molecule has 0 radical (unpaired) electrons. The van der Waals surface area contributed by atoms with Gasteiger partial charge in [-0.2, -0.15) is 0 Å². The van der Waals surface area contributed by atoms with E-state index in [0.29, 0.717) is 11.1 Å². The smallest absolute Gasteiger partial charge is 0.134 e. The number of likely N-dealkylation sites (N-methyl/N-ethyl adjacent to an activating group) is 1. The second kappa shape index (κ2) is 7.81. The zero-order valence-corrected chi connectivity index (χ0v) is 14.6. The highest BCUT2D eigenvalue weighted by Crippen LogP contribution is 2.30. The minimum absolute atomic E-state index is 0.161. The van der Waals surface area contributed by atoms with Gasteiger partial charge in [0, 0.05) is 64.9 Å². The Kier molecular flexibility index (Phi) is 5.77. The molecule has 0 aromatic heterocycles. The monoisotopic (exact) mass is 338 g/mol. The summed E-state index contributed by atoms with van der Waals surface area (Å²) in [5.41, 5.74) is 1.20. The molecule has 2 fully saturated rings. The second-order valence-electron chi connectivity index (χ2n) is 6.62. The SMILES string of the molecule is CN1CCN(CC(c2ccc(O)c(Cl)c2)N2CCNCC2)CC1. The van der Waals surface area contributed by atoms with Crippen LogP contribution in [0.2, 0.25) is 5.02 Å². The number of benzene rings is 1. The van der Waals surface area contributed by atoms with Gasteiger partial charge in [-0.25, -0.2) is 0 Å². The Morgan fingerprint density at radius 3 is 2.48 bits per heavy atom. The van der Waals surface area contributed by atoms with E-state index in [1.807, 2.05) is 12.1 Å². The fraction of sp³-hybridized carbons (Fsp3) is 0.647. The Hall–Kier alpha value is -0.850. The van der Waals surface area contributed by atoms with Crippen molar-refractivity contribution in [1.82, 2.24) is 20.0 Å². The van der Waals surface area contributed by atoms with E-state index >= 15 is 0 Å². The first-order chi connectivity index (χ1) is 11.1. The normalized spacial score (nSPS) is 23.0. The van der Waals surface area contributed by atoms with Crippen molar-refractivity contribution in [2.75, 3.05) is 66.0 Å². The molecule has 0 amide bonds. The predicted octanol–water partition coefficient (Wildman–Crippen LogP) is 1.24. The molecule has 0 bridgehead atoms. The van der Waals surface area contributed by atoms with Crippen LogP contribution in [0, 0.1) is 0 Å². The van der Waals surface area contributed by atoms with Crippen molar-refractivity contribution in [1.29, 1.82) is 0 Å². The summed E-state index contributed by atoms with van der Waals surface area (Å²) >= 11 is 6.16. The number of hydrogen-bond donors (Lipinski definition) is 2. The average Bonchev–Trinajstić information content (AvgIpc) is 2.58. The molecule has 23 heavy (non-hydrogen) atoms. The van der Waals surface area contributed by atoms with Gasteiger partial charge in [0.05, 0.1) is 5.02 Å². The van der Waals surface area contributed by atoms with Crippen molar-refractivity contribution in [2.45, 2.75) is 6.04 Å². The zero-order valence-electron chi connectivity index (χ0n) is 13.8. The second-order valence-corrected chi connectivity index (χ2v) is 7.02. The van der Waals surface area contributed by atoms with Gasteiger partial charge >= 0.3 is 0 Å². The lowest BCUT2D eigenvalue weighted by Gasteiger charge is -2.40. The highest BCUT2D eigenvalue weighted by Gasteiger charge is 2.26. The lowest BCUT2D eigenvalue weighted by Crippen LogP contribution is -2.51. The molecular weight excluding hydrogens is 312 g/mol. The van der Waals surface area contributed by atoms with Crippen molar-refractivity contribution < 1.29 is 5.11 Å². The molecule has 2 saturated heterocycles. The first kappa shape index (κ1) is 17.0. The van der Waals surface area contributed by atoms with Gasteiger partial charge < -0.3 is 15.3 Å². The molecule has 2 N–H and O–H groups in total. The van der Waals surface area contributed by atoms with Crippen LogP contribution in [0.5, 0.6) is 5.75 Å². The van der Waals surface area contributed by atoms with Crippen LogP contribution in [0.1, 0.15) is 11.6 Å². The summed E-state index contributed by atoms with van der Waals surface area (Å²) in [5, 5.41) is 13.6. The molecule has 2 aliphatic rings. The van der Waals surface area contributed by atoms with Crippen LogP contribution in [-0.4, -0.2) is 85.8 Å². The third kappa shape index (κ3) is 4.37. The average molecular weight is 339 g/mol. The Balaban J connectivity index is 1.76. The Labute approximate surface area is 143 Å². The number of aromatic hydroxyl groups is 1. The van der Waals surface area contributed by atoms with Gasteiger partial charge in [0.25, 0.3) is 0 Å². The highest BCUT2D eigenvalue weighted by molar-refractivity contribution is 6.32. The summed E-state index contributed by atoms with van der Waals surface area (Å²) in [6, 6.07) is 6.00. The minimum atomic E-state index is 0.161. The van der Waals surface area contributed by atoms with Gasteiger partial charge in [0.1, 0.15) is 5.75 Å². The van der Waals surface area contributed by atoms with Gasteiger partial charge in [-0.1, -0.05) is 17.7 Å². The number of phenols is 1. The van der Waals surface area contributed by atoms with Crippen LogP contribution in [-0.2, 0) is 0 Å². The molecule has 6 heteroatoms. The minimum Gasteiger partial charge on any atom is -0.506 e. The molecule has 1 aromatic carbocycles. The first-order valence-corrected chi connectivity index (χ1v) is 8.85. The molecule has 1 aromatic rings. The molecule has 0 aliphatic carbocycles. The maximum Gasteiger partial charge on any atom is 0.134 e. The maximum absolute atomic E-state index is 9.71. The lowest BCUT2D eigenvalue weighted by atomic mass is 10.0. The van der Waals surface area contributed by atoms with Crippen LogP contribution in [0.4, 0.5) is 0 Å². The third-order valence-electron chi connectivity index (χ3n) is 4.98. The molecule has 1 unspecified atom stereocenters. The maximum atomic E-state index is 9.71. The van der Waals surface area contributed by atoms with Gasteiger partial charge in [-0.05, 0) is 24.7 Å². The number of hydrogen-bond acceptors (Lipinski definition) is 5. The Bertz CT molecular complexity index is 513. The van der Waals surface area contributed by atoms with Crippen LogP contribution in [0.15, 0.2) is 18.2 Å². The standard InChI is InChI=1S/C17H27ClN4O/c1-20-8-10-21(11-9-20)13-16(22-6-4-19-5-7-22)14-2-3-17(23)15(18)12-14/h2-3,12,16,19,23H,4-11,13H2,1H3. The molecule has 128 valence electrons. The molecule has 3 rings (SSSR count). The summed E-state index contributed by atoms with van der Waals surface area (Å²) in [5.74, 6) is 0.161. The van der Waals surface area contributed by atoms with Gasteiger partial charge in [0.2, 0.25) is 0 Å². The van der Waals surface area contributed by atoms with Crippen molar-refractivity contribution in [2.24, 2.45) is 0 Å². The van der Waals surface area contributed by atoms with E-state index in [-0.39, 0.29) is 5.75 Å². The largest absolute Gasteiger partial charge is 0.506 e. The van der Waals surface area contributed by atoms with E-state index in [4.69, 9.17) is 11.6 Å². The molecule has 2 heterocycles. The summed E-state index contributed by atoms with van der Waals surface area (Å²) in [4.78, 5) is 7.47. The van der Waals surface area contributed by atoms with E-state index in [1.165, 1.54) is 5.56 Å². The van der Waals surface area contributed by atoms with E-state index in [9.17, 15) is 5.11 Å². The predicted molar refractivity (Wildman–Crippen MR) is 94.2 cm³/mol.